The summed E-state index contributed by atoms with van der Waals surface area (Å²) in [7, 11) is 0. The van der Waals surface area contributed by atoms with Crippen LogP contribution in [0.5, 0.6) is 0 Å². The molecule has 0 aromatic carbocycles. The summed E-state index contributed by atoms with van der Waals surface area (Å²) in [5, 5.41) is 9.67. The van der Waals surface area contributed by atoms with E-state index in [1.54, 1.807) is 26.2 Å². The fraction of sp³-hybridized carbons (Fsp3) is 0.294. The van der Waals surface area contributed by atoms with Gasteiger partial charge in [0.2, 0.25) is 0 Å². The maximum Gasteiger partial charge on any atom is 0.319 e. The van der Waals surface area contributed by atoms with Crippen LogP contribution in [0.1, 0.15) is 25.1 Å². The third-order valence-corrected chi connectivity index (χ3v) is 4.17. The van der Waals surface area contributed by atoms with Gasteiger partial charge in [0.05, 0.1) is 12.2 Å². The lowest BCUT2D eigenvalue weighted by Crippen LogP contribution is -2.17. The lowest BCUT2D eigenvalue weighted by atomic mass is 10.0. The van der Waals surface area contributed by atoms with Crippen molar-refractivity contribution in [3.8, 4) is 17.2 Å². The summed E-state index contributed by atoms with van der Waals surface area (Å²) < 4.78 is 5.01. The molecule has 2 aromatic heterocycles. The molecule has 0 aliphatic carbocycles. The van der Waals surface area contributed by atoms with Gasteiger partial charge in [-0.05, 0) is 32.9 Å². The monoisotopic (exact) mass is 327 g/mol. The first-order valence-electron chi connectivity index (χ1n) is 7.22. The molecule has 6 heteroatoms. The number of hydrogen-bond donors (Lipinski definition) is 0. The molecule has 0 N–H and O–H groups in total. The Bertz CT molecular complexity index is 741. The molecule has 1 unspecified atom stereocenters. The van der Waals surface area contributed by atoms with Crippen LogP contribution in [-0.2, 0) is 9.53 Å². The van der Waals surface area contributed by atoms with Crippen molar-refractivity contribution >= 4 is 17.7 Å². The zero-order chi connectivity index (χ0) is 16.8. The van der Waals surface area contributed by atoms with Gasteiger partial charge in [0.25, 0.3) is 0 Å². The third kappa shape index (κ3) is 4.08. The van der Waals surface area contributed by atoms with Crippen LogP contribution >= 0.6 is 11.8 Å². The second-order valence-electron chi connectivity index (χ2n) is 4.86. The van der Waals surface area contributed by atoms with Gasteiger partial charge in [-0.15, -0.1) is 0 Å². The van der Waals surface area contributed by atoms with Gasteiger partial charge in [-0.2, -0.15) is 5.26 Å². The van der Waals surface area contributed by atoms with Crippen LogP contribution < -0.4 is 0 Å². The minimum Gasteiger partial charge on any atom is -0.465 e. The summed E-state index contributed by atoms with van der Waals surface area (Å²) in [5.41, 5.74) is 2.85. The molecule has 5 nitrogen and oxygen atoms in total. The Kier molecular flexibility index (Phi) is 5.72. The number of hydrogen-bond acceptors (Lipinski definition) is 6. The van der Waals surface area contributed by atoms with E-state index in [2.05, 4.69) is 16.0 Å². The van der Waals surface area contributed by atoms with E-state index in [0.29, 0.717) is 17.2 Å². The fourth-order valence-electron chi connectivity index (χ4n) is 2.06. The Morgan fingerprint density at radius 1 is 1.52 bits per heavy atom. The molecule has 2 rings (SSSR count). The number of pyridine rings is 2. The van der Waals surface area contributed by atoms with Crippen molar-refractivity contribution in [2.45, 2.75) is 31.0 Å². The third-order valence-electron chi connectivity index (χ3n) is 3.11. The number of esters is 1. The predicted molar refractivity (Wildman–Crippen MR) is 88.9 cm³/mol. The summed E-state index contributed by atoms with van der Waals surface area (Å²) >= 11 is 1.24. The van der Waals surface area contributed by atoms with Crippen molar-refractivity contribution in [2.24, 2.45) is 0 Å². The first-order valence-corrected chi connectivity index (χ1v) is 8.10. The molecule has 0 radical (unpaired) electrons. The molecule has 0 aliphatic heterocycles. The van der Waals surface area contributed by atoms with E-state index in [4.69, 9.17) is 4.74 Å². The Labute approximate surface area is 139 Å². The van der Waals surface area contributed by atoms with Gasteiger partial charge in [-0.25, -0.2) is 4.98 Å². The second kappa shape index (κ2) is 7.75. The first-order chi connectivity index (χ1) is 11.1. The van der Waals surface area contributed by atoms with Gasteiger partial charge < -0.3 is 4.74 Å². The Morgan fingerprint density at radius 2 is 2.30 bits per heavy atom. The van der Waals surface area contributed by atoms with Gasteiger partial charge in [0, 0.05) is 29.2 Å². The van der Waals surface area contributed by atoms with Crippen LogP contribution in [0.4, 0.5) is 0 Å². The number of thioether (sulfide) groups is 1. The van der Waals surface area contributed by atoms with Crippen LogP contribution in [0.15, 0.2) is 35.6 Å². The van der Waals surface area contributed by atoms with E-state index < -0.39 is 5.25 Å². The van der Waals surface area contributed by atoms with Gasteiger partial charge in [0.1, 0.15) is 16.3 Å². The van der Waals surface area contributed by atoms with E-state index in [-0.39, 0.29) is 5.97 Å². The lowest BCUT2D eigenvalue weighted by molar-refractivity contribution is -0.142. The number of nitrogens with zero attached hydrogens (tertiary/aromatic N) is 3. The van der Waals surface area contributed by atoms with Crippen LogP contribution in [0, 0.1) is 18.3 Å². The van der Waals surface area contributed by atoms with E-state index in [1.807, 2.05) is 25.1 Å². The zero-order valence-electron chi connectivity index (χ0n) is 13.2. The van der Waals surface area contributed by atoms with Crippen LogP contribution in [0.3, 0.4) is 0 Å². The number of carbonyl (C=O) groups excluding carboxylic acids is 1. The standard InChI is InChI=1S/C17H17N3O2S/c1-4-22-17(21)12(3)23-16-15(9-18)14(8-11(2)20-16)13-6-5-7-19-10-13/h5-8,10,12H,4H2,1-3H3. The van der Waals surface area contributed by atoms with E-state index in [0.717, 1.165) is 16.8 Å². The molecule has 0 fully saturated rings. The average molecular weight is 327 g/mol. The van der Waals surface area contributed by atoms with Crippen LogP contribution in [-0.4, -0.2) is 27.8 Å². The number of carbonyl (C=O) groups is 1. The van der Waals surface area contributed by atoms with Gasteiger partial charge in [-0.1, -0.05) is 17.8 Å². The normalized spacial score (nSPS) is 11.6. The Hall–Kier alpha value is -2.39. The predicted octanol–water partition coefficient (Wildman–Crippen LogP) is 3.37. The van der Waals surface area contributed by atoms with E-state index in [9.17, 15) is 10.1 Å². The highest BCUT2D eigenvalue weighted by atomic mass is 32.2. The highest BCUT2D eigenvalue weighted by molar-refractivity contribution is 8.00. The molecule has 0 bridgehead atoms. The van der Waals surface area contributed by atoms with Crippen molar-refractivity contribution in [3.63, 3.8) is 0 Å². The molecule has 2 aromatic rings. The number of aromatic nitrogens is 2. The summed E-state index contributed by atoms with van der Waals surface area (Å²) in [6.45, 7) is 5.70. The van der Waals surface area contributed by atoms with Crippen molar-refractivity contribution in [1.82, 2.24) is 9.97 Å². The molecule has 0 amide bonds. The molecule has 2 heterocycles. The highest BCUT2D eigenvalue weighted by Crippen LogP contribution is 2.32. The Morgan fingerprint density at radius 3 is 2.91 bits per heavy atom. The molecule has 0 aliphatic rings. The molecule has 23 heavy (non-hydrogen) atoms. The number of aryl methyl sites for hydroxylation is 1. The van der Waals surface area contributed by atoms with Gasteiger partial charge in [-0.3, -0.25) is 9.78 Å². The van der Waals surface area contributed by atoms with Gasteiger partial charge in [0.15, 0.2) is 0 Å². The maximum atomic E-state index is 11.8. The van der Waals surface area contributed by atoms with Crippen molar-refractivity contribution in [2.75, 3.05) is 6.61 Å². The summed E-state index contributed by atoms with van der Waals surface area (Å²) in [4.78, 5) is 20.3. The minimum atomic E-state index is -0.432. The van der Waals surface area contributed by atoms with Crippen molar-refractivity contribution in [3.05, 3.63) is 41.9 Å². The van der Waals surface area contributed by atoms with Crippen molar-refractivity contribution in [1.29, 1.82) is 5.26 Å². The van der Waals surface area contributed by atoms with E-state index >= 15 is 0 Å². The Balaban J connectivity index is 2.43. The topological polar surface area (TPSA) is 75.9 Å². The first kappa shape index (κ1) is 17.0. The molecule has 0 spiro atoms. The van der Waals surface area contributed by atoms with E-state index in [1.165, 1.54) is 11.8 Å². The van der Waals surface area contributed by atoms with Crippen molar-refractivity contribution < 1.29 is 9.53 Å². The summed E-state index contributed by atoms with van der Waals surface area (Å²) in [6, 6.07) is 7.77. The van der Waals surface area contributed by atoms with Gasteiger partial charge >= 0.3 is 5.97 Å². The minimum absolute atomic E-state index is 0.312. The average Bonchev–Trinajstić information content (AvgIpc) is 2.55. The quantitative estimate of drug-likeness (QED) is 0.619. The molecule has 1 atom stereocenters. The SMILES string of the molecule is CCOC(=O)C(C)Sc1nc(C)cc(-c2cccnc2)c1C#N. The molecule has 0 saturated carbocycles. The summed E-state index contributed by atoms with van der Waals surface area (Å²) in [6.07, 6.45) is 3.39. The molecule has 0 saturated heterocycles. The molecule has 118 valence electrons. The van der Waals surface area contributed by atoms with Crippen LogP contribution in [0.2, 0.25) is 0 Å². The highest BCUT2D eigenvalue weighted by Gasteiger charge is 2.21. The fourth-order valence-corrected chi connectivity index (χ4v) is 3.03. The second-order valence-corrected chi connectivity index (χ2v) is 6.19. The lowest BCUT2D eigenvalue weighted by Gasteiger charge is -2.13. The van der Waals surface area contributed by atoms with Crippen LogP contribution in [0.25, 0.3) is 11.1 Å². The number of nitriles is 1. The number of rotatable bonds is 5. The smallest absolute Gasteiger partial charge is 0.319 e. The largest absolute Gasteiger partial charge is 0.465 e. The molecular weight excluding hydrogens is 310 g/mol. The number of ether oxygens (including phenoxy) is 1. The zero-order valence-corrected chi connectivity index (χ0v) is 14.1. The summed E-state index contributed by atoms with van der Waals surface area (Å²) in [5.74, 6) is -0.312. The maximum absolute atomic E-state index is 11.8. The molecular formula is C17H17N3O2S.